The summed E-state index contributed by atoms with van der Waals surface area (Å²) in [6.45, 7) is 6.27. The topological polar surface area (TPSA) is 56.5 Å². The van der Waals surface area contributed by atoms with Crippen LogP contribution in [0.4, 0.5) is 5.69 Å². The van der Waals surface area contributed by atoms with Gasteiger partial charge in [0.15, 0.2) is 11.5 Å². The Morgan fingerprint density at radius 2 is 1.71 bits per heavy atom. The van der Waals surface area contributed by atoms with Gasteiger partial charge in [0.25, 0.3) is 0 Å². The van der Waals surface area contributed by atoms with Gasteiger partial charge in [0, 0.05) is 24.3 Å². The van der Waals surface area contributed by atoms with E-state index in [0.29, 0.717) is 19.3 Å². The van der Waals surface area contributed by atoms with Crippen molar-refractivity contribution in [3.8, 4) is 11.5 Å². The number of nitrogens with two attached hydrogens (primary N) is 1. The maximum absolute atomic E-state index is 5.95. The highest BCUT2D eigenvalue weighted by atomic mass is 16.5. The highest BCUT2D eigenvalue weighted by Gasteiger charge is 2.18. The standard InChI is InChI=1S/C17H28N2O2/c1-3-20-16-10-9-15(11-17(16)21-4-2)19-12-13-5-7-14(18)8-6-13/h9-11,13-14,19H,3-8,12,18H2,1-2H3. The lowest BCUT2D eigenvalue weighted by molar-refractivity contribution is 0.288. The minimum Gasteiger partial charge on any atom is -0.490 e. The van der Waals surface area contributed by atoms with Crippen molar-refractivity contribution in [2.24, 2.45) is 11.7 Å². The van der Waals surface area contributed by atoms with Gasteiger partial charge in [-0.3, -0.25) is 0 Å². The highest BCUT2D eigenvalue weighted by Crippen LogP contribution is 2.31. The average molecular weight is 292 g/mol. The summed E-state index contributed by atoms with van der Waals surface area (Å²) in [4.78, 5) is 0. The zero-order valence-electron chi connectivity index (χ0n) is 13.2. The zero-order valence-corrected chi connectivity index (χ0v) is 13.2. The number of benzene rings is 1. The molecule has 0 saturated heterocycles. The molecule has 4 heteroatoms. The summed E-state index contributed by atoms with van der Waals surface area (Å²) in [6.07, 6.45) is 4.76. The Kier molecular flexibility index (Phi) is 6.18. The molecule has 0 aromatic heterocycles. The van der Waals surface area contributed by atoms with Crippen LogP contribution in [0.3, 0.4) is 0 Å². The molecule has 0 atom stereocenters. The summed E-state index contributed by atoms with van der Waals surface area (Å²) in [7, 11) is 0. The summed E-state index contributed by atoms with van der Waals surface area (Å²) in [6, 6.07) is 6.48. The molecule has 4 nitrogen and oxygen atoms in total. The maximum atomic E-state index is 5.95. The first-order chi connectivity index (χ1) is 10.2. The van der Waals surface area contributed by atoms with E-state index in [1.807, 2.05) is 26.0 Å². The number of rotatable bonds is 7. The van der Waals surface area contributed by atoms with Crippen molar-refractivity contribution < 1.29 is 9.47 Å². The average Bonchev–Trinajstić information content (AvgIpc) is 2.49. The van der Waals surface area contributed by atoms with Gasteiger partial charge in [-0.25, -0.2) is 0 Å². The van der Waals surface area contributed by atoms with Crippen LogP contribution in [-0.4, -0.2) is 25.8 Å². The van der Waals surface area contributed by atoms with Gasteiger partial charge < -0.3 is 20.5 Å². The molecule has 0 heterocycles. The van der Waals surface area contributed by atoms with Crippen LogP contribution in [0.25, 0.3) is 0 Å². The molecule has 1 aromatic rings. The molecule has 0 bridgehead atoms. The molecule has 1 aliphatic rings. The summed E-state index contributed by atoms with van der Waals surface area (Å²) in [5, 5.41) is 3.52. The van der Waals surface area contributed by atoms with E-state index in [9.17, 15) is 0 Å². The van der Waals surface area contributed by atoms with Crippen LogP contribution >= 0.6 is 0 Å². The number of ether oxygens (including phenoxy) is 2. The third kappa shape index (κ3) is 4.81. The Hall–Kier alpha value is -1.42. The minimum absolute atomic E-state index is 0.413. The molecule has 1 aliphatic carbocycles. The first-order valence-electron chi connectivity index (χ1n) is 8.12. The summed E-state index contributed by atoms with van der Waals surface area (Å²) in [5.41, 5.74) is 7.05. The molecule has 1 saturated carbocycles. The molecule has 3 N–H and O–H groups in total. The Bertz CT molecular complexity index is 429. The van der Waals surface area contributed by atoms with Crippen LogP contribution in [0.1, 0.15) is 39.5 Å². The molecule has 0 amide bonds. The van der Waals surface area contributed by atoms with Gasteiger partial charge in [0.1, 0.15) is 0 Å². The molecular formula is C17H28N2O2. The van der Waals surface area contributed by atoms with E-state index >= 15 is 0 Å². The lowest BCUT2D eigenvalue weighted by atomic mass is 9.86. The second-order valence-corrected chi connectivity index (χ2v) is 5.69. The molecule has 21 heavy (non-hydrogen) atoms. The van der Waals surface area contributed by atoms with E-state index in [0.717, 1.165) is 42.5 Å². The van der Waals surface area contributed by atoms with E-state index < -0.39 is 0 Å². The lowest BCUT2D eigenvalue weighted by Gasteiger charge is -2.26. The van der Waals surface area contributed by atoms with Gasteiger partial charge in [-0.15, -0.1) is 0 Å². The fourth-order valence-corrected chi connectivity index (χ4v) is 2.82. The molecule has 0 aliphatic heterocycles. The van der Waals surface area contributed by atoms with Crippen LogP contribution < -0.4 is 20.5 Å². The smallest absolute Gasteiger partial charge is 0.163 e. The fraction of sp³-hybridized carbons (Fsp3) is 0.647. The van der Waals surface area contributed by atoms with Crippen LogP contribution in [-0.2, 0) is 0 Å². The van der Waals surface area contributed by atoms with E-state index in [2.05, 4.69) is 11.4 Å². The summed E-state index contributed by atoms with van der Waals surface area (Å²) >= 11 is 0. The van der Waals surface area contributed by atoms with Crippen molar-refractivity contribution in [3.63, 3.8) is 0 Å². The van der Waals surface area contributed by atoms with Gasteiger partial charge in [0.05, 0.1) is 13.2 Å². The first kappa shape index (κ1) is 16.0. The van der Waals surface area contributed by atoms with E-state index in [1.54, 1.807) is 0 Å². The van der Waals surface area contributed by atoms with Crippen LogP contribution in [0.2, 0.25) is 0 Å². The SMILES string of the molecule is CCOc1ccc(NCC2CCC(N)CC2)cc1OCC. The fourth-order valence-electron chi connectivity index (χ4n) is 2.82. The molecule has 118 valence electrons. The Morgan fingerprint density at radius 1 is 1.05 bits per heavy atom. The largest absolute Gasteiger partial charge is 0.490 e. The third-order valence-electron chi connectivity index (χ3n) is 4.03. The molecule has 0 radical (unpaired) electrons. The molecule has 1 fully saturated rings. The van der Waals surface area contributed by atoms with E-state index in [1.165, 1.54) is 12.8 Å². The van der Waals surface area contributed by atoms with Gasteiger partial charge in [-0.1, -0.05) is 0 Å². The third-order valence-corrected chi connectivity index (χ3v) is 4.03. The van der Waals surface area contributed by atoms with Crippen LogP contribution in [0.15, 0.2) is 18.2 Å². The van der Waals surface area contributed by atoms with Crippen LogP contribution in [0, 0.1) is 5.92 Å². The minimum atomic E-state index is 0.413. The van der Waals surface area contributed by atoms with Crippen molar-refractivity contribution in [2.75, 3.05) is 25.1 Å². The normalized spacial score (nSPS) is 21.9. The van der Waals surface area contributed by atoms with Gasteiger partial charge >= 0.3 is 0 Å². The molecule has 1 aromatic carbocycles. The summed E-state index contributed by atoms with van der Waals surface area (Å²) < 4.78 is 11.2. The molecule has 0 unspecified atom stereocenters. The number of nitrogens with one attached hydrogen (secondary N) is 1. The maximum Gasteiger partial charge on any atom is 0.163 e. The lowest BCUT2D eigenvalue weighted by Crippen LogP contribution is -2.29. The molecular weight excluding hydrogens is 264 g/mol. The predicted molar refractivity (Wildman–Crippen MR) is 87.2 cm³/mol. The van der Waals surface area contributed by atoms with Crippen molar-refractivity contribution in [1.82, 2.24) is 0 Å². The Balaban J connectivity index is 1.92. The summed E-state index contributed by atoms with van der Waals surface area (Å²) in [5.74, 6) is 2.36. The van der Waals surface area contributed by atoms with Crippen molar-refractivity contribution in [2.45, 2.75) is 45.6 Å². The Labute approximate surface area is 128 Å². The van der Waals surface area contributed by atoms with Crippen molar-refractivity contribution in [1.29, 1.82) is 0 Å². The van der Waals surface area contributed by atoms with Crippen molar-refractivity contribution >= 4 is 5.69 Å². The number of anilines is 1. The van der Waals surface area contributed by atoms with E-state index in [4.69, 9.17) is 15.2 Å². The van der Waals surface area contributed by atoms with Crippen molar-refractivity contribution in [3.05, 3.63) is 18.2 Å². The molecule has 2 rings (SSSR count). The number of hydrogen-bond donors (Lipinski definition) is 2. The number of hydrogen-bond acceptors (Lipinski definition) is 4. The van der Waals surface area contributed by atoms with Gasteiger partial charge in [-0.05, 0) is 57.6 Å². The van der Waals surface area contributed by atoms with Gasteiger partial charge in [-0.2, -0.15) is 0 Å². The first-order valence-corrected chi connectivity index (χ1v) is 8.12. The Morgan fingerprint density at radius 3 is 2.38 bits per heavy atom. The van der Waals surface area contributed by atoms with Gasteiger partial charge in [0.2, 0.25) is 0 Å². The van der Waals surface area contributed by atoms with E-state index in [-0.39, 0.29) is 0 Å². The monoisotopic (exact) mass is 292 g/mol. The quantitative estimate of drug-likeness (QED) is 0.808. The molecule has 0 spiro atoms. The van der Waals surface area contributed by atoms with Crippen LogP contribution in [0.5, 0.6) is 11.5 Å². The zero-order chi connectivity index (χ0) is 15.1. The second-order valence-electron chi connectivity index (χ2n) is 5.69. The predicted octanol–water partition coefficient (Wildman–Crippen LogP) is 3.41. The highest BCUT2D eigenvalue weighted by molar-refractivity contribution is 5.54. The second kappa shape index (κ2) is 8.13.